The lowest BCUT2D eigenvalue weighted by atomic mass is 9.99. The van der Waals surface area contributed by atoms with Crippen LogP contribution in [0.3, 0.4) is 0 Å². The average molecular weight is 898 g/mol. The molecule has 2 heterocycles. The molecule has 60 heavy (non-hydrogen) atoms. The molecule has 0 aromatic carbocycles. The summed E-state index contributed by atoms with van der Waals surface area (Å²) in [5, 5.41) is 20.8. The van der Waals surface area contributed by atoms with Crippen molar-refractivity contribution in [2.45, 2.75) is 187 Å². The monoisotopic (exact) mass is 897 g/mol. The average Bonchev–Trinajstić information content (AvgIpc) is 3.46. The summed E-state index contributed by atoms with van der Waals surface area (Å²) in [4.78, 5) is 61.5. The van der Waals surface area contributed by atoms with Crippen LogP contribution in [0.4, 0.5) is 5.82 Å². The van der Waals surface area contributed by atoms with E-state index in [0.717, 1.165) is 68.0 Å². The Kier molecular flexibility index (Phi) is 26.2. The van der Waals surface area contributed by atoms with Crippen molar-refractivity contribution in [1.82, 2.24) is 9.55 Å². The van der Waals surface area contributed by atoms with E-state index in [1.165, 1.54) is 57.4 Å². The van der Waals surface area contributed by atoms with Gasteiger partial charge in [-0.1, -0.05) is 130 Å². The quantitative estimate of drug-likeness (QED) is 0.0259. The first-order chi connectivity index (χ1) is 28.4. The molecule has 0 aliphatic carbocycles. The van der Waals surface area contributed by atoms with Crippen molar-refractivity contribution < 1.29 is 66.3 Å². The molecule has 8 atom stereocenters. The highest BCUT2D eigenvalue weighted by Gasteiger charge is 2.46. The van der Waals surface area contributed by atoms with Gasteiger partial charge in [0.1, 0.15) is 30.7 Å². The van der Waals surface area contributed by atoms with Crippen molar-refractivity contribution in [3.8, 4) is 0 Å². The van der Waals surface area contributed by atoms with Crippen molar-refractivity contribution >= 4 is 33.4 Å². The third-order valence-electron chi connectivity index (χ3n) is 10.4. The zero-order chi connectivity index (χ0) is 44.6. The Morgan fingerprint density at radius 2 is 1.33 bits per heavy atom. The SMILES string of the molecule is CCC(C)CCCCCCCCCCC(=O)OC[C@H](COP(=O)(O)OP(=O)(O)OC[C@H]1O[C@@H](n2ccc(N)nc2=O)C(O)[C@H]1O)OC(=O)CCCCCCCCCC(C)C. The molecule has 1 fully saturated rings. The number of rotatable bonds is 34. The molecule has 1 aromatic heterocycles. The molecule has 1 aliphatic heterocycles. The molecule has 20 heteroatoms. The van der Waals surface area contributed by atoms with Crippen LogP contribution in [-0.4, -0.2) is 85.7 Å². The van der Waals surface area contributed by atoms with E-state index < -0.39 is 83.7 Å². The molecule has 0 saturated carbocycles. The second-order valence-electron chi connectivity index (χ2n) is 16.3. The highest BCUT2D eigenvalue weighted by Crippen LogP contribution is 2.60. The van der Waals surface area contributed by atoms with Crippen molar-refractivity contribution in [3.63, 3.8) is 0 Å². The van der Waals surface area contributed by atoms with Crippen LogP contribution in [0.2, 0.25) is 0 Å². The molecule has 1 aliphatic rings. The Labute approximate surface area is 355 Å². The first-order valence-corrected chi connectivity index (χ1v) is 24.8. The number of hydrogen-bond donors (Lipinski definition) is 5. The molecule has 2 rings (SSSR count). The lowest BCUT2D eigenvalue weighted by Crippen LogP contribution is -2.36. The van der Waals surface area contributed by atoms with Gasteiger partial charge in [-0.2, -0.15) is 9.29 Å². The standard InChI is InChI=1S/C40H73N3O15P2/c1-5-31(4)22-18-14-10-6-7-11-15-19-23-35(44)53-27-32(56-36(45)24-20-16-12-8-9-13-17-21-30(2)3)28-54-59(49,50)58-60(51,52)55-29-33-37(46)38(47)39(57-33)43-26-25-34(41)42-40(43)48/h25-26,30-33,37-39,46-47H,5-24,27-29H2,1-4H3,(H,49,50)(H,51,52)(H2,41,42,48)/t31?,32-,33-,37+,38?,39-/m1/s1. The van der Waals surface area contributed by atoms with Gasteiger partial charge in [-0.3, -0.25) is 23.2 Å². The van der Waals surface area contributed by atoms with Crippen molar-refractivity contribution in [2.24, 2.45) is 11.8 Å². The Bertz CT molecular complexity index is 1530. The molecular weight excluding hydrogens is 824 g/mol. The van der Waals surface area contributed by atoms with Gasteiger partial charge in [-0.05, 0) is 30.7 Å². The number of unbranched alkanes of at least 4 members (excludes halogenated alkanes) is 13. The number of esters is 2. The van der Waals surface area contributed by atoms with Crippen LogP contribution in [-0.2, 0) is 46.3 Å². The number of aliphatic hydroxyl groups is 2. The Hall–Kier alpha value is -2.24. The molecule has 0 bridgehead atoms. The summed E-state index contributed by atoms with van der Waals surface area (Å²) in [6, 6.07) is 1.25. The van der Waals surface area contributed by atoms with Gasteiger partial charge < -0.3 is 39.9 Å². The molecular formula is C40H73N3O15P2. The maximum absolute atomic E-state index is 12.8. The minimum absolute atomic E-state index is 0.0523. The number of carbonyl (C=O) groups is 2. The van der Waals surface area contributed by atoms with E-state index in [0.29, 0.717) is 18.8 Å². The van der Waals surface area contributed by atoms with Crippen LogP contribution in [0.25, 0.3) is 0 Å². The Morgan fingerprint density at radius 3 is 1.90 bits per heavy atom. The zero-order valence-electron chi connectivity index (χ0n) is 36.1. The second kappa shape index (κ2) is 29.2. The summed E-state index contributed by atoms with van der Waals surface area (Å²) in [6.45, 7) is 6.63. The van der Waals surface area contributed by atoms with E-state index in [4.69, 9.17) is 29.0 Å². The third-order valence-corrected chi connectivity index (χ3v) is 13.0. The Morgan fingerprint density at radius 1 is 0.800 bits per heavy atom. The van der Waals surface area contributed by atoms with Gasteiger partial charge in [0.05, 0.1) is 13.2 Å². The van der Waals surface area contributed by atoms with Crippen LogP contribution in [0.1, 0.15) is 162 Å². The van der Waals surface area contributed by atoms with E-state index in [-0.39, 0.29) is 18.7 Å². The van der Waals surface area contributed by atoms with Gasteiger partial charge >= 0.3 is 33.3 Å². The van der Waals surface area contributed by atoms with Crippen LogP contribution in [0.15, 0.2) is 17.1 Å². The molecule has 4 unspecified atom stereocenters. The smallest absolute Gasteiger partial charge is 0.462 e. The third kappa shape index (κ3) is 23.3. The van der Waals surface area contributed by atoms with Gasteiger partial charge in [0.25, 0.3) is 0 Å². The van der Waals surface area contributed by atoms with Gasteiger partial charge in [0.15, 0.2) is 12.3 Å². The fraction of sp³-hybridized carbons (Fsp3) is 0.850. The van der Waals surface area contributed by atoms with Crippen LogP contribution in [0.5, 0.6) is 0 Å². The van der Waals surface area contributed by atoms with Gasteiger partial charge in [0.2, 0.25) is 0 Å². The Balaban J connectivity index is 1.85. The second-order valence-corrected chi connectivity index (χ2v) is 19.3. The maximum atomic E-state index is 12.8. The summed E-state index contributed by atoms with van der Waals surface area (Å²) in [5.41, 5.74) is 4.57. The first kappa shape index (κ1) is 53.9. The maximum Gasteiger partial charge on any atom is 0.481 e. The number of nitrogens with zero attached hydrogens (tertiary/aromatic N) is 2. The molecule has 18 nitrogen and oxygen atoms in total. The van der Waals surface area contributed by atoms with Crippen molar-refractivity contribution in [3.05, 3.63) is 22.7 Å². The number of phosphoric ester groups is 2. The number of carbonyl (C=O) groups excluding carboxylic acids is 2. The van der Waals surface area contributed by atoms with Crippen LogP contribution < -0.4 is 11.4 Å². The van der Waals surface area contributed by atoms with Gasteiger partial charge in [-0.25, -0.2) is 13.9 Å². The van der Waals surface area contributed by atoms with Crippen molar-refractivity contribution in [1.29, 1.82) is 0 Å². The molecule has 1 aromatic rings. The highest BCUT2D eigenvalue weighted by molar-refractivity contribution is 7.61. The summed E-state index contributed by atoms with van der Waals surface area (Å²) in [7, 11) is -10.8. The van der Waals surface area contributed by atoms with E-state index in [1.807, 2.05) is 0 Å². The molecule has 348 valence electrons. The lowest BCUT2D eigenvalue weighted by molar-refractivity contribution is -0.161. The fourth-order valence-corrected chi connectivity index (χ4v) is 8.70. The van der Waals surface area contributed by atoms with Crippen LogP contribution >= 0.6 is 15.6 Å². The number of anilines is 1. The minimum atomic E-state index is -5.41. The molecule has 1 saturated heterocycles. The first-order valence-electron chi connectivity index (χ1n) is 21.8. The van der Waals surface area contributed by atoms with Crippen molar-refractivity contribution in [2.75, 3.05) is 25.6 Å². The van der Waals surface area contributed by atoms with Gasteiger partial charge in [-0.15, -0.1) is 0 Å². The number of hydrogen-bond acceptors (Lipinski definition) is 15. The van der Waals surface area contributed by atoms with Gasteiger partial charge in [0, 0.05) is 19.0 Å². The molecule has 6 N–H and O–H groups in total. The molecule has 0 radical (unpaired) electrons. The van der Waals surface area contributed by atoms with E-state index in [9.17, 15) is 43.5 Å². The van der Waals surface area contributed by atoms with E-state index in [1.54, 1.807) is 0 Å². The fourth-order valence-electron chi connectivity index (χ4n) is 6.59. The number of nitrogens with two attached hydrogens (primary N) is 1. The zero-order valence-corrected chi connectivity index (χ0v) is 37.9. The van der Waals surface area contributed by atoms with E-state index in [2.05, 4.69) is 37.0 Å². The van der Waals surface area contributed by atoms with E-state index >= 15 is 0 Å². The molecule has 0 amide bonds. The molecule has 0 spiro atoms. The summed E-state index contributed by atoms with van der Waals surface area (Å²) in [5.74, 6) is 0.170. The lowest BCUT2D eigenvalue weighted by Gasteiger charge is -2.21. The minimum Gasteiger partial charge on any atom is -0.462 e. The normalized spacial score (nSPS) is 21.0. The number of nitrogen functional groups attached to an aromatic ring is 1. The summed E-state index contributed by atoms with van der Waals surface area (Å²) < 4.78 is 56.4. The number of phosphoric acid groups is 2. The summed E-state index contributed by atoms with van der Waals surface area (Å²) in [6.07, 6.45) is 12.5. The predicted octanol–water partition coefficient (Wildman–Crippen LogP) is 7.26. The number of ether oxygens (including phenoxy) is 3. The number of aliphatic hydroxyl groups excluding tert-OH is 2. The predicted molar refractivity (Wildman–Crippen MR) is 224 cm³/mol. The number of aromatic nitrogens is 2. The topological polar surface area (TPSA) is 265 Å². The summed E-state index contributed by atoms with van der Waals surface area (Å²) >= 11 is 0. The largest absolute Gasteiger partial charge is 0.481 e. The van der Waals surface area contributed by atoms with Crippen LogP contribution in [0, 0.1) is 11.8 Å². The highest BCUT2D eigenvalue weighted by atomic mass is 31.3.